The van der Waals surface area contributed by atoms with Crippen molar-refractivity contribution in [1.82, 2.24) is 10.2 Å². The van der Waals surface area contributed by atoms with E-state index in [2.05, 4.69) is 35.5 Å². The van der Waals surface area contributed by atoms with Gasteiger partial charge in [-0.05, 0) is 35.1 Å². The van der Waals surface area contributed by atoms with E-state index in [0.717, 1.165) is 41.5 Å². The topological polar surface area (TPSA) is 95.9 Å². The molecule has 1 saturated carbocycles. The second-order valence-electron chi connectivity index (χ2n) is 9.28. The number of carbonyl (C=O) groups is 3. The van der Waals surface area contributed by atoms with Crippen molar-refractivity contribution >= 4 is 18.0 Å². The van der Waals surface area contributed by atoms with Gasteiger partial charge in [0.1, 0.15) is 13.2 Å². The van der Waals surface area contributed by atoms with Crippen LogP contribution in [-0.2, 0) is 14.3 Å². The fourth-order valence-electron chi connectivity index (χ4n) is 5.39. The third-order valence-corrected chi connectivity index (χ3v) is 7.07. The highest BCUT2D eigenvalue weighted by molar-refractivity contribution is 5.87. The summed E-state index contributed by atoms with van der Waals surface area (Å²) in [6, 6.07) is 16.2. The lowest BCUT2D eigenvalue weighted by Crippen LogP contribution is -2.52. The quantitative estimate of drug-likeness (QED) is 0.564. The number of terminal acetylenes is 1. The minimum absolute atomic E-state index is 0.0555. The standard InChI is InChI=1S/C28H30N2O5/c1-2-16-30(17-25(31)32)26(33)28(14-8-3-9-15-28)19-29-27(34)35-18-24-22-12-6-4-10-20(22)21-11-5-7-13-23(21)24/h1,4-7,10-13,24H,3,8-9,14-19H2,(H,29,34)(H,31,32). The molecule has 0 radical (unpaired) electrons. The maximum absolute atomic E-state index is 13.4. The van der Waals surface area contributed by atoms with Crippen molar-refractivity contribution in [3.63, 3.8) is 0 Å². The first-order chi connectivity index (χ1) is 16.9. The number of carboxylic acids is 1. The molecular weight excluding hydrogens is 444 g/mol. The molecule has 2 aliphatic carbocycles. The second kappa shape index (κ2) is 10.6. The highest BCUT2D eigenvalue weighted by atomic mass is 16.5. The van der Waals surface area contributed by atoms with Gasteiger partial charge in [0.05, 0.1) is 12.0 Å². The molecule has 4 rings (SSSR count). The van der Waals surface area contributed by atoms with E-state index in [1.165, 1.54) is 4.90 Å². The number of rotatable bonds is 8. The predicted octanol–water partition coefficient (Wildman–Crippen LogP) is 4.02. The first-order valence-corrected chi connectivity index (χ1v) is 12.0. The lowest BCUT2D eigenvalue weighted by Gasteiger charge is -2.39. The Bertz CT molecular complexity index is 1100. The van der Waals surface area contributed by atoms with Crippen LogP contribution in [0.4, 0.5) is 4.79 Å². The molecule has 7 nitrogen and oxygen atoms in total. The fraction of sp³-hybridized carbons (Fsp3) is 0.393. The average molecular weight is 475 g/mol. The molecule has 2 aromatic rings. The third kappa shape index (κ3) is 5.17. The summed E-state index contributed by atoms with van der Waals surface area (Å²) in [7, 11) is 0. The van der Waals surface area contributed by atoms with Gasteiger partial charge in [-0.25, -0.2) is 4.79 Å². The number of aliphatic carboxylic acids is 1. The van der Waals surface area contributed by atoms with Crippen LogP contribution in [0.25, 0.3) is 11.1 Å². The lowest BCUT2D eigenvalue weighted by molar-refractivity contribution is -0.150. The number of benzene rings is 2. The van der Waals surface area contributed by atoms with Crippen molar-refractivity contribution in [2.45, 2.75) is 38.0 Å². The summed E-state index contributed by atoms with van der Waals surface area (Å²) < 4.78 is 5.63. The maximum Gasteiger partial charge on any atom is 0.407 e. The summed E-state index contributed by atoms with van der Waals surface area (Å²) in [5.41, 5.74) is 3.67. The normalized spacial score (nSPS) is 15.9. The molecule has 0 aromatic heterocycles. The number of carboxylic acid groups (broad SMARTS) is 1. The van der Waals surface area contributed by atoms with Crippen LogP contribution < -0.4 is 5.32 Å². The molecule has 0 spiro atoms. The molecule has 0 heterocycles. The zero-order chi connectivity index (χ0) is 24.8. The Kier molecular flexibility index (Phi) is 7.40. The summed E-state index contributed by atoms with van der Waals surface area (Å²) in [6.45, 7) is -0.278. The zero-order valence-corrected chi connectivity index (χ0v) is 19.7. The van der Waals surface area contributed by atoms with Crippen LogP contribution in [0.15, 0.2) is 48.5 Å². The van der Waals surface area contributed by atoms with Gasteiger partial charge >= 0.3 is 12.1 Å². The fourth-order valence-corrected chi connectivity index (χ4v) is 5.39. The monoisotopic (exact) mass is 474 g/mol. The maximum atomic E-state index is 13.4. The summed E-state index contributed by atoms with van der Waals surface area (Å²) in [5, 5.41) is 12.0. The van der Waals surface area contributed by atoms with Gasteiger partial charge in [-0.3, -0.25) is 9.59 Å². The molecule has 7 heteroatoms. The largest absolute Gasteiger partial charge is 0.480 e. The molecule has 0 aliphatic heterocycles. The number of alkyl carbamates (subject to hydrolysis) is 1. The van der Waals surface area contributed by atoms with E-state index >= 15 is 0 Å². The van der Waals surface area contributed by atoms with E-state index in [9.17, 15) is 19.5 Å². The van der Waals surface area contributed by atoms with E-state index in [1.54, 1.807) is 0 Å². The van der Waals surface area contributed by atoms with Crippen LogP contribution in [0.3, 0.4) is 0 Å². The number of fused-ring (bicyclic) bond motifs is 3. The molecule has 1 fully saturated rings. The van der Waals surface area contributed by atoms with Crippen molar-refractivity contribution in [3.8, 4) is 23.5 Å². The number of hydrogen-bond acceptors (Lipinski definition) is 4. The molecule has 0 atom stereocenters. The van der Waals surface area contributed by atoms with Crippen LogP contribution in [0, 0.1) is 17.8 Å². The van der Waals surface area contributed by atoms with Gasteiger partial charge in [-0.1, -0.05) is 73.7 Å². The van der Waals surface area contributed by atoms with Crippen LogP contribution in [-0.4, -0.2) is 54.2 Å². The van der Waals surface area contributed by atoms with Crippen molar-refractivity contribution in [1.29, 1.82) is 0 Å². The van der Waals surface area contributed by atoms with Gasteiger partial charge in [0.2, 0.25) is 5.91 Å². The van der Waals surface area contributed by atoms with Crippen LogP contribution >= 0.6 is 0 Å². The first-order valence-electron chi connectivity index (χ1n) is 12.0. The van der Waals surface area contributed by atoms with Crippen molar-refractivity contribution in [3.05, 3.63) is 59.7 Å². The van der Waals surface area contributed by atoms with Gasteiger partial charge in [-0.2, -0.15) is 0 Å². The Morgan fingerprint density at radius 3 is 2.20 bits per heavy atom. The number of nitrogens with one attached hydrogen (secondary N) is 1. The number of hydrogen-bond donors (Lipinski definition) is 2. The van der Waals surface area contributed by atoms with Gasteiger partial charge in [-0.15, -0.1) is 6.42 Å². The smallest absolute Gasteiger partial charge is 0.407 e. The summed E-state index contributed by atoms with van der Waals surface area (Å²) >= 11 is 0. The van der Waals surface area contributed by atoms with E-state index in [4.69, 9.17) is 11.2 Å². The number of amides is 2. The Hall–Kier alpha value is -3.79. The number of nitrogens with zero attached hydrogens (tertiary/aromatic N) is 1. The van der Waals surface area contributed by atoms with Gasteiger partial charge in [0.15, 0.2) is 0 Å². The highest BCUT2D eigenvalue weighted by Crippen LogP contribution is 2.44. The third-order valence-electron chi connectivity index (χ3n) is 7.07. The average Bonchev–Trinajstić information content (AvgIpc) is 3.19. The zero-order valence-electron chi connectivity index (χ0n) is 19.7. The molecule has 0 bridgehead atoms. The molecule has 2 aliphatic rings. The van der Waals surface area contributed by atoms with Gasteiger partial charge in [0, 0.05) is 12.5 Å². The van der Waals surface area contributed by atoms with Crippen molar-refractivity contribution < 1.29 is 24.2 Å². The van der Waals surface area contributed by atoms with Gasteiger partial charge < -0.3 is 20.1 Å². The molecule has 2 amide bonds. The van der Waals surface area contributed by atoms with E-state index in [0.29, 0.717) is 12.8 Å². The molecule has 35 heavy (non-hydrogen) atoms. The lowest BCUT2D eigenvalue weighted by atomic mass is 9.72. The van der Waals surface area contributed by atoms with Crippen molar-refractivity contribution in [2.24, 2.45) is 5.41 Å². The Morgan fingerprint density at radius 1 is 1.03 bits per heavy atom. The van der Waals surface area contributed by atoms with Crippen LogP contribution in [0.1, 0.15) is 49.1 Å². The molecule has 2 N–H and O–H groups in total. The second-order valence-corrected chi connectivity index (χ2v) is 9.28. The summed E-state index contributed by atoms with van der Waals surface area (Å²) in [4.78, 5) is 38.6. The van der Waals surface area contributed by atoms with Gasteiger partial charge in [0.25, 0.3) is 0 Å². The molecular formula is C28H30N2O5. The van der Waals surface area contributed by atoms with Crippen LogP contribution in [0.2, 0.25) is 0 Å². The number of ether oxygens (including phenoxy) is 1. The minimum atomic E-state index is -1.12. The minimum Gasteiger partial charge on any atom is -0.480 e. The van der Waals surface area contributed by atoms with E-state index < -0.39 is 24.0 Å². The SMILES string of the molecule is C#CCN(CC(=O)O)C(=O)C1(CNC(=O)OCC2c3ccccc3-c3ccccc32)CCCCC1. The molecule has 0 saturated heterocycles. The highest BCUT2D eigenvalue weighted by Gasteiger charge is 2.42. The Morgan fingerprint density at radius 2 is 1.63 bits per heavy atom. The molecule has 2 aromatic carbocycles. The Balaban J connectivity index is 1.42. The predicted molar refractivity (Wildman–Crippen MR) is 132 cm³/mol. The summed E-state index contributed by atoms with van der Waals surface area (Å²) in [6.07, 6.45) is 8.57. The van der Waals surface area contributed by atoms with Crippen LogP contribution in [0.5, 0.6) is 0 Å². The van der Waals surface area contributed by atoms with Crippen molar-refractivity contribution in [2.75, 3.05) is 26.2 Å². The summed E-state index contributed by atoms with van der Waals surface area (Å²) in [5.74, 6) is 0.873. The number of carbonyl (C=O) groups excluding carboxylic acids is 2. The first kappa shape index (κ1) is 24.3. The Labute approximate surface area is 205 Å². The molecule has 182 valence electrons. The molecule has 0 unspecified atom stereocenters. The van der Waals surface area contributed by atoms with E-state index in [-0.39, 0.29) is 31.5 Å². The van der Waals surface area contributed by atoms with E-state index in [1.807, 2.05) is 24.3 Å².